The van der Waals surface area contributed by atoms with Crippen LogP contribution in [0.15, 0.2) is 54.6 Å². The number of aromatic amines is 1. The van der Waals surface area contributed by atoms with Crippen molar-refractivity contribution in [1.29, 1.82) is 0 Å². The van der Waals surface area contributed by atoms with Crippen molar-refractivity contribution in [3.05, 3.63) is 71.9 Å². The van der Waals surface area contributed by atoms with Crippen molar-refractivity contribution < 1.29 is 41.3 Å². The molecule has 0 amide bonds. The van der Waals surface area contributed by atoms with E-state index in [0.29, 0.717) is 16.2 Å². The number of nitrogens with zero attached hydrogens (tertiary/aromatic N) is 2. The number of phenolic OH excluding ortho intramolecular Hbond substituents is 2. The van der Waals surface area contributed by atoms with E-state index in [1.807, 2.05) is 56.7 Å². The molecule has 0 spiro atoms. The van der Waals surface area contributed by atoms with Crippen molar-refractivity contribution in [3.63, 3.8) is 0 Å². The van der Waals surface area contributed by atoms with Crippen molar-refractivity contribution in [2.24, 2.45) is 0 Å². The third-order valence-electron chi connectivity index (χ3n) is 3.84. The number of hydrogen-bond donors (Lipinski definition) is 3. The largest absolute Gasteiger partial charge is 2.00 e. The van der Waals surface area contributed by atoms with Crippen LogP contribution in [0.2, 0.25) is 0 Å². The normalized spacial score (nSPS) is 10.1. The molecule has 0 bridgehead atoms. The molecule has 0 saturated carbocycles. The Hall–Kier alpha value is -2.07. The van der Waals surface area contributed by atoms with Gasteiger partial charge in [-0.3, -0.25) is 9.67 Å². The topological polar surface area (TPSA) is 74.1 Å². The van der Waals surface area contributed by atoms with Gasteiger partial charge in [0.15, 0.2) is 10.6 Å². The minimum Gasteiger partial charge on any atom is -0.508 e. The second-order valence-corrected chi connectivity index (χ2v) is 6.28. The molecule has 0 unspecified atom stereocenters. The van der Waals surface area contributed by atoms with Gasteiger partial charge >= 0.3 is 31.1 Å². The molecule has 4 rings (SSSR count). The monoisotopic (exact) mass is 615 g/mol. The molecule has 4 aromatic rings. The van der Waals surface area contributed by atoms with Crippen LogP contribution in [0, 0.1) is 48.4 Å². The summed E-state index contributed by atoms with van der Waals surface area (Å²) in [5.41, 5.74) is 1.32. The van der Waals surface area contributed by atoms with Crippen LogP contribution < -0.4 is 0 Å². The van der Waals surface area contributed by atoms with Crippen molar-refractivity contribution in [2.45, 2.75) is 13.8 Å². The van der Waals surface area contributed by atoms with Crippen molar-refractivity contribution in [1.82, 2.24) is 14.8 Å². The van der Waals surface area contributed by atoms with Gasteiger partial charge in [0.25, 0.3) is 0 Å². The predicted molar refractivity (Wildman–Crippen MR) is 110 cm³/mol. The molecule has 0 aliphatic carbocycles. The number of H-pyrrole nitrogens is 1. The van der Waals surface area contributed by atoms with Gasteiger partial charge in [-0.2, -0.15) is 43.2 Å². The molecular formula is C21H19N3O2SU. The number of rotatable bonds is 2. The Morgan fingerprint density at radius 3 is 2.61 bits per heavy atom. The van der Waals surface area contributed by atoms with E-state index in [1.165, 1.54) is 12.1 Å². The van der Waals surface area contributed by atoms with Crippen molar-refractivity contribution in [2.75, 3.05) is 0 Å². The SMILES string of the molecule is C[CH-]C.Oc1ccc(-c2n[nH]c(=S)n2-c2cccc3c[c-]ccc23)c(O)c1.[U+2]. The fraction of sp³-hybridized carbons (Fsp3) is 0.0952. The predicted octanol–water partition coefficient (Wildman–Crippen LogP) is 5.19. The van der Waals surface area contributed by atoms with Crippen LogP contribution in [-0.2, 0) is 0 Å². The van der Waals surface area contributed by atoms with Gasteiger partial charge in [-0.25, -0.2) is 0 Å². The van der Waals surface area contributed by atoms with E-state index in [0.717, 1.165) is 16.5 Å². The first kappa shape index (κ1) is 22.2. The second kappa shape index (κ2) is 9.92. The summed E-state index contributed by atoms with van der Waals surface area (Å²) in [5, 5.41) is 28.7. The fourth-order valence-electron chi connectivity index (χ4n) is 2.75. The zero-order valence-corrected chi connectivity index (χ0v) is 20.5. The molecule has 28 heavy (non-hydrogen) atoms. The van der Waals surface area contributed by atoms with E-state index >= 15 is 0 Å². The molecule has 3 N–H and O–H groups in total. The third-order valence-corrected chi connectivity index (χ3v) is 4.11. The van der Waals surface area contributed by atoms with Crippen LogP contribution >= 0.6 is 12.2 Å². The molecule has 0 aliphatic rings. The number of aromatic hydroxyl groups is 2. The van der Waals surface area contributed by atoms with E-state index in [2.05, 4.69) is 16.3 Å². The Morgan fingerprint density at radius 1 is 1.14 bits per heavy atom. The first-order chi connectivity index (χ1) is 13.1. The Bertz CT molecular complexity index is 1130. The Morgan fingerprint density at radius 2 is 1.89 bits per heavy atom. The Balaban J connectivity index is 0.000000660. The van der Waals surface area contributed by atoms with Crippen LogP contribution in [0.4, 0.5) is 0 Å². The number of nitrogens with one attached hydrogen (secondary N) is 1. The van der Waals surface area contributed by atoms with E-state index in [4.69, 9.17) is 12.2 Å². The minimum absolute atomic E-state index is 0. The van der Waals surface area contributed by atoms with Gasteiger partial charge in [0, 0.05) is 11.8 Å². The number of benzene rings is 3. The summed E-state index contributed by atoms with van der Waals surface area (Å²) in [5.74, 6) is 0.384. The maximum atomic E-state index is 10.2. The van der Waals surface area contributed by atoms with Crippen LogP contribution in [0.3, 0.4) is 0 Å². The summed E-state index contributed by atoms with van der Waals surface area (Å²) in [6.07, 6.45) is 2.00. The van der Waals surface area contributed by atoms with Gasteiger partial charge in [0.05, 0.1) is 5.56 Å². The molecule has 0 fully saturated rings. The van der Waals surface area contributed by atoms with Gasteiger partial charge < -0.3 is 16.6 Å². The van der Waals surface area contributed by atoms with Crippen LogP contribution in [0.25, 0.3) is 27.8 Å². The van der Waals surface area contributed by atoms with Crippen LogP contribution in [0.5, 0.6) is 11.5 Å². The van der Waals surface area contributed by atoms with E-state index in [-0.39, 0.29) is 42.6 Å². The van der Waals surface area contributed by atoms with Gasteiger partial charge in [0.1, 0.15) is 11.5 Å². The zero-order valence-electron chi connectivity index (χ0n) is 15.5. The van der Waals surface area contributed by atoms with Gasteiger partial charge in [-0.1, -0.05) is 6.07 Å². The van der Waals surface area contributed by atoms with E-state index in [1.54, 1.807) is 10.6 Å². The zero-order chi connectivity index (χ0) is 19.4. The summed E-state index contributed by atoms with van der Waals surface area (Å²) >= 11 is 5.39. The Labute approximate surface area is 192 Å². The van der Waals surface area contributed by atoms with Crippen molar-refractivity contribution >= 4 is 23.0 Å². The van der Waals surface area contributed by atoms with Gasteiger partial charge in [-0.05, 0) is 30.4 Å². The number of fused-ring (bicyclic) bond motifs is 1. The van der Waals surface area contributed by atoms with Gasteiger partial charge in [-0.15, -0.1) is 16.8 Å². The summed E-state index contributed by atoms with van der Waals surface area (Å²) in [4.78, 5) is 0. The summed E-state index contributed by atoms with van der Waals surface area (Å²) < 4.78 is 2.18. The standard InChI is InChI=1S/C18H12N3O2S.C3H7.U/c22-12-8-9-14(16(23)10-12)17-19-20-18(24)21(17)15-7-3-5-11-4-1-2-6-13(11)15;1-3-2;/h2-10,22-23H,(H,20,24);3H,1-2H3;/q2*-1;+2. The molecule has 0 saturated heterocycles. The van der Waals surface area contributed by atoms with Crippen LogP contribution in [0.1, 0.15) is 13.8 Å². The van der Waals surface area contributed by atoms with Crippen LogP contribution in [-0.4, -0.2) is 25.0 Å². The smallest absolute Gasteiger partial charge is 0.508 e. The minimum atomic E-state index is -0.0705. The number of phenols is 2. The molecule has 3 aromatic carbocycles. The summed E-state index contributed by atoms with van der Waals surface area (Å²) in [6, 6.07) is 19.0. The van der Waals surface area contributed by atoms with Crippen molar-refractivity contribution in [3.8, 4) is 28.6 Å². The first-order valence-corrected chi connectivity index (χ1v) is 8.80. The maximum Gasteiger partial charge on any atom is 2.00 e. The van der Waals surface area contributed by atoms with E-state index < -0.39 is 0 Å². The second-order valence-electron chi connectivity index (χ2n) is 5.89. The molecule has 140 valence electrons. The fourth-order valence-corrected chi connectivity index (χ4v) is 2.98. The summed E-state index contributed by atoms with van der Waals surface area (Å²) in [7, 11) is 0. The molecule has 0 atom stereocenters. The number of hydrogen-bond acceptors (Lipinski definition) is 4. The first-order valence-electron chi connectivity index (χ1n) is 8.39. The van der Waals surface area contributed by atoms with Gasteiger partial charge in [0.2, 0.25) is 0 Å². The Kier molecular flexibility index (Phi) is 7.88. The molecule has 1 heterocycles. The third kappa shape index (κ3) is 4.49. The molecule has 0 radical (unpaired) electrons. The maximum absolute atomic E-state index is 10.2. The quantitative estimate of drug-likeness (QED) is 0.215. The molecule has 5 nitrogen and oxygen atoms in total. The average Bonchev–Trinajstić information content (AvgIpc) is 3.03. The molecule has 1 aromatic heterocycles. The molecule has 0 aliphatic heterocycles. The van der Waals surface area contributed by atoms with E-state index in [9.17, 15) is 10.2 Å². The summed E-state index contributed by atoms with van der Waals surface area (Å²) in [6.45, 7) is 4.00. The average molecular weight is 615 g/mol. The number of aromatic nitrogens is 3. The molecule has 7 heteroatoms. The molecular weight excluding hydrogens is 596 g/mol.